The lowest BCUT2D eigenvalue weighted by atomic mass is 10.5. The van der Waals surface area contributed by atoms with Crippen LogP contribution < -0.4 is 0 Å². The Balaban J connectivity index is 2.52. The summed E-state index contributed by atoms with van der Waals surface area (Å²) in [5.74, 6) is 0.642. The quantitative estimate of drug-likeness (QED) is 0.567. The fraction of sp³-hybridized carbons (Fsp3) is 0.500. The molecule has 0 aliphatic rings. The second-order valence-corrected chi connectivity index (χ2v) is 3.63. The standard InChI is InChI=1S/C8H12N2OS/c1-6-3-4-9-8(10-6)12-5-7(2)11/h3-4,7,11H,5H2,1-2H3/t7-/m0/s1. The van der Waals surface area contributed by atoms with E-state index in [4.69, 9.17) is 5.11 Å². The highest BCUT2D eigenvalue weighted by Gasteiger charge is 2.00. The number of hydrogen-bond acceptors (Lipinski definition) is 4. The lowest BCUT2D eigenvalue weighted by molar-refractivity contribution is 0.220. The number of aromatic nitrogens is 2. The van der Waals surface area contributed by atoms with Crippen LogP contribution in [0.15, 0.2) is 17.4 Å². The highest BCUT2D eigenvalue weighted by molar-refractivity contribution is 7.99. The fourth-order valence-electron chi connectivity index (χ4n) is 0.691. The summed E-state index contributed by atoms with van der Waals surface area (Å²) in [6.45, 7) is 3.68. The van der Waals surface area contributed by atoms with Crippen LogP contribution in [-0.2, 0) is 0 Å². The van der Waals surface area contributed by atoms with Crippen molar-refractivity contribution in [2.75, 3.05) is 5.75 Å². The minimum absolute atomic E-state index is 0.306. The van der Waals surface area contributed by atoms with Crippen molar-refractivity contribution in [3.8, 4) is 0 Å². The van der Waals surface area contributed by atoms with Crippen molar-refractivity contribution >= 4 is 11.8 Å². The van der Waals surface area contributed by atoms with Crippen LogP contribution in [0.3, 0.4) is 0 Å². The van der Waals surface area contributed by atoms with Gasteiger partial charge in [0, 0.05) is 17.6 Å². The number of hydrogen-bond donors (Lipinski definition) is 1. The predicted octanol–water partition coefficient (Wildman–Crippen LogP) is 1.26. The molecule has 1 N–H and O–H groups in total. The number of rotatable bonds is 3. The van der Waals surface area contributed by atoms with E-state index in [1.807, 2.05) is 13.0 Å². The zero-order valence-electron chi connectivity index (χ0n) is 7.19. The second-order valence-electron chi connectivity index (χ2n) is 2.64. The van der Waals surface area contributed by atoms with Gasteiger partial charge in [0.1, 0.15) is 0 Å². The van der Waals surface area contributed by atoms with Gasteiger partial charge in [0.2, 0.25) is 0 Å². The lowest BCUT2D eigenvalue weighted by Gasteiger charge is -2.02. The first-order valence-electron chi connectivity index (χ1n) is 3.79. The molecule has 0 bridgehead atoms. The molecule has 4 heteroatoms. The molecule has 0 aliphatic carbocycles. The predicted molar refractivity (Wildman–Crippen MR) is 49.2 cm³/mol. The molecular weight excluding hydrogens is 172 g/mol. The maximum atomic E-state index is 9.01. The van der Waals surface area contributed by atoms with Crippen molar-refractivity contribution in [2.45, 2.75) is 25.1 Å². The summed E-state index contributed by atoms with van der Waals surface area (Å²) in [5.41, 5.74) is 0.957. The van der Waals surface area contributed by atoms with Crippen molar-refractivity contribution < 1.29 is 5.11 Å². The molecular formula is C8H12N2OS. The van der Waals surface area contributed by atoms with Crippen molar-refractivity contribution in [2.24, 2.45) is 0 Å². The second kappa shape index (κ2) is 4.42. The molecule has 3 nitrogen and oxygen atoms in total. The van der Waals surface area contributed by atoms with Gasteiger partial charge >= 0.3 is 0 Å². The van der Waals surface area contributed by atoms with Gasteiger partial charge in [0.15, 0.2) is 5.16 Å². The molecule has 0 unspecified atom stereocenters. The van der Waals surface area contributed by atoms with E-state index in [1.54, 1.807) is 13.1 Å². The zero-order valence-corrected chi connectivity index (χ0v) is 8.01. The molecule has 0 aromatic carbocycles. The van der Waals surface area contributed by atoms with Gasteiger partial charge in [-0.25, -0.2) is 9.97 Å². The van der Waals surface area contributed by atoms with Crippen molar-refractivity contribution in [1.29, 1.82) is 0 Å². The third-order valence-corrected chi connectivity index (χ3v) is 2.33. The minimum Gasteiger partial charge on any atom is -0.393 e. The average molecular weight is 184 g/mol. The molecule has 1 rings (SSSR count). The van der Waals surface area contributed by atoms with Gasteiger partial charge < -0.3 is 5.11 Å². The lowest BCUT2D eigenvalue weighted by Crippen LogP contribution is -2.03. The van der Waals surface area contributed by atoms with Crippen LogP contribution in [0.4, 0.5) is 0 Å². The summed E-state index contributed by atoms with van der Waals surface area (Å²) in [5, 5.41) is 9.74. The summed E-state index contributed by atoms with van der Waals surface area (Å²) < 4.78 is 0. The molecule has 1 aromatic rings. The molecule has 0 fully saturated rings. The van der Waals surface area contributed by atoms with Gasteiger partial charge in [-0.3, -0.25) is 0 Å². The molecule has 1 atom stereocenters. The van der Waals surface area contributed by atoms with Gasteiger partial charge in [-0.1, -0.05) is 11.8 Å². The highest BCUT2D eigenvalue weighted by atomic mass is 32.2. The van der Waals surface area contributed by atoms with Gasteiger partial charge in [0.25, 0.3) is 0 Å². The Kier molecular flexibility index (Phi) is 3.49. The molecule has 1 heterocycles. The summed E-state index contributed by atoms with van der Waals surface area (Å²) in [6, 6.07) is 1.85. The van der Waals surface area contributed by atoms with E-state index in [9.17, 15) is 0 Å². The van der Waals surface area contributed by atoms with Crippen molar-refractivity contribution in [1.82, 2.24) is 9.97 Å². The number of aliphatic hydroxyl groups is 1. The normalized spacial score (nSPS) is 12.9. The van der Waals surface area contributed by atoms with E-state index >= 15 is 0 Å². The molecule has 0 radical (unpaired) electrons. The maximum Gasteiger partial charge on any atom is 0.187 e. The Labute approximate surface area is 76.2 Å². The third kappa shape index (κ3) is 3.19. The van der Waals surface area contributed by atoms with Gasteiger partial charge in [0.05, 0.1) is 6.10 Å². The van der Waals surface area contributed by atoms with Crippen LogP contribution >= 0.6 is 11.8 Å². The smallest absolute Gasteiger partial charge is 0.187 e. The minimum atomic E-state index is -0.306. The Morgan fingerprint density at radius 1 is 1.67 bits per heavy atom. The Morgan fingerprint density at radius 3 is 3.00 bits per heavy atom. The van der Waals surface area contributed by atoms with E-state index in [0.717, 1.165) is 10.9 Å². The van der Waals surface area contributed by atoms with Crippen molar-refractivity contribution in [3.63, 3.8) is 0 Å². The van der Waals surface area contributed by atoms with E-state index in [2.05, 4.69) is 9.97 Å². The Hall–Kier alpha value is -0.610. The maximum absolute atomic E-state index is 9.01. The molecule has 12 heavy (non-hydrogen) atoms. The number of aryl methyl sites for hydroxylation is 1. The van der Waals surface area contributed by atoms with Crippen LogP contribution in [0.2, 0.25) is 0 Å². The summed E-state index contributed by atoms with van der Waals surface area (Å²) >= 11 is 1.47. The first-order valence-corrected chi connectivity index (χ1v) is 4.77. The van der Waals surface area contributed by atoms with Crippen LogP contribution in [0, 0.1) is 6.92 Å². The fourth-order valence-corrected chi connectivity index (χ4v) is 1.42. The van der Waals surface area contributed by atoms with Crippen LogP contribution in [0.1, 0.15) is 12.6 Å². The number of aliphatic hydroxyl groups excluding tert-OH is 1. The van der Waals surface area contributed by atoms with Gasteiger partial charge in [-0.05, 0) is 19.9 Å². The zero-order chi connectivity index (χ0) is 8.97. The monoisotopic (exact) mass is 184 g/mol. The van der Waals surface area contributed by atoms with Crippen LogP contribution in [0.5, 0.6) is 0 Å². The molecule has 0 spiro atoms. The summed E-state index contributed by atoms with van der Waals surface area (Å²) in [7, 11) is 0. The third-order valence-electron chi connectivity index (χ3n) is 1.23. The Bertz CT molecular complexity index is 253. The molecule has 0 aliphatic heterocycles. The first kappa shape index (κ1) is 9.48. The SMILES string of the molecule is Cc1ccnc(SC[C@H](C)O)n1. The van der Waals surface area contributed by atoms with E-state index in [0.29, 0.717) is 5.75 Å². The molecule has 0 amide bonds. The van der Waals surface area contributed by atoms with Crippen LogP contribution in [-0.4, -0.2) is 26.9 Å². The highest BCUT2D eigenvalue weighted by Crippen LogP contribution is 2.12. The molecule has 0 saturated heterocycles. The first-order chi connectivity index (χ1) is 5.68. The van der Waals surface area contributed by atoms with E-state index in [1.165, 1.54) is 11.8 Å². The molecule has 0 saturated carbocycles. The summed E-state index contributed by atoms with van der Waals surface area (Å²) in [6.07, 6.45) is 1.42. The molecule has 1 aromatic heterocycles. The van der Waals surface area contributed by atoms with Crippen molar-refractivity contribution in [3.05, 3.63) is 18.0 Å². The molecule has 66 valence electrons. The number of thioether (sulfide) groups is 1. The van der Waals surface area contributed by atoms with Gasteiger partial charge in [-0.2, -0.15) is 0 Å². The largest absolute Gasteiger partial charge is 0.393 e. The van der Waals surface area contributed by atoms with E-state index < -0.39 is 0 Å². The Morgan fingerprint density at radius 2 is 2.42 bits per heavy atom. The number of nitrogens with zero attached hydrogens (tertiary/aromatic N) is 2. The topological polar surface area (TPSA) is 46.0 Å². The van der Waals surface area contributed by atoms with Gasteiger partial charge in [-0.15, -0.1) is 0 Å². The van der Waals surface area contributed by atoms with Crippen LogP contribution in [0.25, 0.3) is 0 Å². The summed E-state index contributed by atoms with van der Waals surface area (Å²) in [4.78, 5) is 8.24. The average Bonchev–Trinajstić information content (AvgIpc) is 2.01. The van der Waals surface area contributed by atoms with E-state index in [-0.39, 0.29) is 6.10 Å².